The van der Waals surface area contributed by atoms with Crippen molar-refractivity contribution in [3.05, 3.63) is 76.1 Å². The van der Waals surface area contributed by atoms with E-state index < -0.39 is 11.9 Å². The molecule has 1 aromatic heterocycles. The van der Waals surface area contributed by atoms with Crippen LogP contribution >= 0.6 is 11.3 Å². The third kappa shape index (κ3) is 3.87. The maximum absolute atomic E-state index is 12.2. The zero-order valence-electron chi connectivity index (χ0n) is 13.9. The lowest BCUT2D eigenvalue weighted by atomic mass is 10.1. The van der Waals surface area contributed by atoms with Gasteiger partial charge in [-0.1, -0.05) is 42.5 Å². The molecule has 0 radical (unpaired) electrons. The molecule has 0 unspecified atom stereocenters. The molecule has 3 aromatic rings. The summed E-state index contributed by atoms with van der Waals surface area (Å²) in [6, 6.07) is 15.9. The molecule has 1 N–H and O–H groups in total. The summed E-state index contributed by atoms with van der Waals surface area (Å²) in [6.07, 6.45) is 1.64. The van der Waals surface area contributed by atoms with Crippen molar-refractivity contribution in [2.75, 3.05) is 7.11 Å². The fraction of sp³-hybridized carbons (Fsp3) is 0.0500. The largest absolute Gasteiger partial charge is 0.478 e. The number of carboxylic acid groups (broad SMARTS) is 1. The van der Waals surface area contributed by atoms with Crippen molar-refractivity contribution in [1.82, 2.24) is 4.98 Å². The number of benzene rings is 2. The average Bonchev–Trinajstić information content (AvgIpc) is 3.16. The van der Waals surface area contributed by atoms with E-state index in [1.165, 1.54) is 30.6 Å². The highest BCUT2D eigenvalue weighted by molar-refractivity contribution is 7.11. The van der Waals surface area contributed by atoms with Gasteiger partial charge in [0.1, 0.15) is 5.01 Å². The summed E-state index contributed by atoms with van der Waals surface area (Å²) in [4.78, 5) is 27.7. The Morgan fingerprint density at radius 1 is 1.08 bits per heavy atom. The van der Waals surface area contributed by atoms with Gasteiger partial charge in [0.05, 0.1) is 23.9 Å². The lowest BCUT2D eigenvalue weighted by molar-refractivity contribution is -0.133. The molecule has 2 aromatic carbocycles. The highest BCUT2D eigenvalue weighted by Gasteiger charge is 2.17. The van der Waals surface area contributed by atoms with Crippen LogP contribution in [0.4, 0.5) is 0 Å². The van der Waals surface area contributed by atoms with Gasteiger partial charge in [-0.3, -0.25) is 0 Å². The lowest BCUT2D eigenvalue weighted by Crippen LogP contribution is -2.04. The van der Waals surface area contributed by atoms with Crippen LogP contribution < -0.4 is 0 Å². The summed E-state index contributed by atoms with van der Waals surface area (Å²) in [6.45, 7) is 0. The molecule has 0 aliphatic heterocycles. The van der Waals surface area contributed by atoms with Crippen LogP contribution in [0.25, 0.3) is 22.9 Å². The van der Waals surface area contributed by atoms with Gasteiger partial charge in [0.2, 0.25) is 0 Å². The molecular formula is C20H15NO4S. The van der Waals surface area contributed by atoms with Crippen molar-refractivity contribution < 1.29 is 19.4 Å². The maximum Gasteiger partial charge on any atom is 0.340 e. The summed E-state index contributed by atoms with van der Waals surface area (Å²) in [5.74, 6) is -1.50. The molecule has 0 atom stereocenters. The quantitative estimate of drug-likeness (QED) is 0.541. The third-order valence-corrected chi connectivity index (χ3v) is 4.55. The van der Waals surface area contributed by atoms with Gasteiger partial charge in [0, 0.05) is 10.9 Å². The van der Waals surface area contributed by atoms with Crippen molar-refractivity contribution >= 4 is 34.9 Å². The number of esters is 1. The number of methoxy groups -OCH3 is 1. The number of aromatic carboxylic acids is 1. The molecule has 0 saturated carbocycles. The van der Waals surface area contributed by atoms with E-state index in [4.69, 9.17) is 9.84 Å². The number of nitrogens with zero attached hydrogens (tertiary/aromatic N) is 1. The first-order chi connectivity index (χ1) is 12.6. The van der Waals surface area contributed by atoms with Crippen LogP contribution in [0, 0.1) is 0 Å². The van der Waals surface area contributed by atoms with Crippen LogP contribution in [-0.2, 0) is 9.53 Å². The van der Waals surface area contributed by atoms with Gasteiger partial charge in [-0.05, 0) is 23.8 Å². The van der Waals surface area contributed by atoms with Gasteiger partial charge in [-0.2, -0.15) is 0 Å². The minimum absolute atomic E-state index is 0.183. The monoisotopic (exact) mass is 365 g/mol. The zero-order valence-corrected chi connectivity index (χ0v) is 14.7. The van der Waals surface area contributed by atoms with E-state index in [1.807, 2.05) is 35.7 Å². The molecule has 0 aliphatic carbocycles. The fourth-order valence-corrected chi connectivity index (χ4v) is 3.18. The Labute approximate surface area is 154 Å². The van der Waals surface area contributed by atoms with Crippen LogP contribution in [0.15, 0.2) is 60.0 Å². The first-order valence-electron chi connectivity index (χ1n) is 7.73. The van der Waals surface area contributed by atoms with E-state index in [-0.39, 0.29) is 5.56 Å². The number of aromatic nitrogens is 1. The second kappa shape index (κ2) is 7.76. The maximum atomic E-state index is 12.2. The standard InChI is InChI=1S/C20H15NO4S/c1-25-20(24)16(11-13-7-9-15(10-8-13)19(22)23)18-21-17(12-26-18)14-5-3-2-4-6-14/h2-12H,1H3,(H,22,23)/b16-11-. The number of ether oxygens (including phenoxy) is 1. The summed E-state index contributed by atoms with van der Waals surface area (Å²) in [5.41, 5.74) is 2.93. The Morgan fingerprint density at radius 3 is 2.38 bits per heavy atom. The molecular weight excluding hydrogens is 350 g/mol. The fourth-order valence-electron chi connectivity index (χ4n) is 2.35. The lowest BCUT2D eigenvalue weighted by Gasteiger charge is -2.03. The molecule has 0 aliphatic rings. The van der Waals surface area contributed by atoms with Crippen molar-refractivity contribution in [3.8, 4) is 11.3 Å². The third-order valence-electron chi connectivity index (χ3n) is 3.68. The van der Waals surface area contributed by atoms with Crippen LogP contribution in [0.2, 0.25) is 0 Å². The molecule has 0 amide bonds. The van der Waals surface area contributed by atoms with Crippen LogP contribution in [0.1, 0.15) is 20.9 Å². The Balaban J connectivity index is 1.97. The van der Waals surface area contributed by atoms with Gasteiger partial charge < -0.3 is 9.84 Å². The predicted octanol–water partition coefficient (Wildman–Crippen LogP) is 4.22. The molecule has 130 valence electrons. The summed E-state index contributed by atoms with van der Waals surface area (Å²) in [7, 11) is 1.31. The van der Waals surface area contributed by atoms with E-state index in [9.17, 15) is 9.59 Å². The Kier molecular flexibility index (Phi) is 5.24. The topological polar surface area (TPSA) is 76.5 Å². The summed E-state index contributed by atoms with van der Waals surface area (Å²) in [5, 5.41) is 11.4. The zero-order chi connectivity index (χ0) is 18.5. The average molecular weight is 365 g/mol. The molecule has 5 nitrogen and oxygen atoms in total. The Morgan fingerprint density at radius 2 is 1.77 bits per heavy atom. The molecule has 0 fully saturated rings. The van der Waals surface area contributed by atoms with Gasteiger partial charge >= 0.3 is 11.9 Å². The first-order valence-corrected chi connectivity index (χ1v) is 8.61. The highest BCUT2D eigenvalue weighted by Crippen LogP contribution is 2.28. The van der Waals surface area contributed by atoms with Gasteiger partial charge in [-0.25, -0.2) is 14.6 Å². The number of thiazole rings is 1. The molecule has 26 heavy (non-hydrogen) atoms. The highest BCUT2D eigenvalue weighted by atomic mass is 32.1. The van der Waals surface area contributed by atoms with E-state index in [1.54, 1.807) is 18.2 Å². The molecule has 0 spiro atoms. The number of rotatable bonds is 5. The number of carboxylic acids is 1. The van der Waals surface area contributed by atoms with Crippen LogP contribution in [0.5, 0.6) is 0 Å². The van der Waals surface area contributed by atoms with Crippen LogP contribution in [0.3, 0.4) is 0 Å². The van der Waals surface area contributed by atoms with Gasteiger partial charge in [0.15, 0.2) is 0 Å². The SMILES string of the molecule is COC(=O)/C(=C\c1ccc(C(=O)O)cc1)c1nc(-c2ccccc2)cs1. The predicted molar refractivity (Wildman–Crippen MR) is 101 cm³/mol. The van der Waals surface area contributed by atoms with Gasteiger partial charge in [0.25, 0.3) is 0 Å². The van der Waals surface area contributed by atoms with Crippen molar-refractivity contribution in [3.63, 3.8) is 0 Å². The smallest absolute Gasteiger partial charge is 0.340 e. The van der Waals surface area contributed by atoms with Crippen LogP contribution in [-0.4, -0.2) is 29.1 Å². The molecule has 6 heteroatoms. The van der Waals surface area contributed by atoms with E-state index in [0.717, 1.165) is 11.3 Å². The number of carbonyl (C=O) groups excluding carboxylic acids is 1. The summed E-state index contributed by atoms with van der Waals surface area (Å²) < 4.78 is 4.88. The van der Waals surface area contributed by atoms with E-state index in [0.29, 0.717) is 16.1 Å². The Hall–Kier alpha value is -3.25. The van der Waals surface area contributed by atoms with E-state index in [2.05, 4.69) is 4.98 Å². The molecule has 1 heterocycles. The second-order valence-corrected chi connectivity index (χ2v) is 6.24. The molecule has 3 rings (SSSR count). The normalized spacial score (nSPS) is 11.2. The van der Waals surface area contributed by atoms with Crippen molar-refractivity contribution in [2.45, 2.75) is 0 Å². The number of carbonyl (C=O) groups is 2. The molecule has 0 saturated heterocycles. The Bertz CT molecular complexity index is 959. The minimum atomic E-state index is -0.999. The second-order valence-electron chi connectivity index (χ2n) is 5.38. The number of hydrogen-bond donors (Lipinski definition) is 1. The van der Waals surface area contributed by atoms with Crippen molar-refractivity contribution in [2.24, 2.45) is 0 Å². The van der Waals surface area contributed by atoms with Gasteiger partial charge in [-0.15, -0.1) is 11.3 Å². The minimum Gasteiger partial charge on any atom is -0.478 e. The summed E-state index contributed by atoms with van der Waals surface area (Å²) >= 11 is 1.35. The first kappa shape index (κ1) is 17.6. The molecule has 0 bridgehead atoms. The van der Waals surface area contributed by atoms with E-state index >= 15 is 0 Å². The number of hydrogen-bond acceptors (Lipinski definition) is 5. The van der Waals surface area contributed by atoms with Crippen molar-refractivity contribution in [1.29, 1.82) is 0 Å².